The fourth-order valence-electron chi connectivity index (χ4n) is 8.62. The lowest BCUT2D eigenvalue weighted by Crippen LogP contribution is -2.52. The van der Waals surface area contributed by atoms with E-state index in [1.807, 2.05) is 116 Å². The Balaban J connectivity index is 0.0000137. The molecule has 1 fully saturated rings. The lowest BCUT2D eigenvalue weighted by Gasteiger charge is -2.49. The molecule has 63 heavy (non-hydrogen) atoms. The van der Waals surface area contributed by atoms with Crippen LogP contribution < -0.4 is 0 Å². The summed E-state index contributed by atoms with van der Waals surface area (Å²) in [6.07, 6.45) is 1.75. The van der Waals surface area contributed by atoms with Gasteiger partial charge in [0.15, 0.2) is 0 Å². The highest BCUT2D eigenvalue weighted by Crippen LogP contribution is 2.58. The molecule has 0 aliphatic heterocycles. The van der Waals surface area contributed by atoms with Crippen molar-refractivity contribution in [2.45, 2.75) is 114 Å². The zero-order valence-corrected chi connectivity index (χ0v) is 38.7. The van der Waals surface area contributed by atoms with E-state index >= 15 is 0 Å². The molecule has 2 aromatic rings. The summed E-state index contributed by atoms with van der Waals surface area (Å²) >= 11 is 0. The van der Waals surface area contributed by atoms with Crippen LogP contribution in [-0.2, 0) is 57.2 Å². The largest absolute Gasteiger partial charge is 0.466 e. The summed E-state index contributed by atoms with van der Waals surface area (Å²) in [5, 5.41) is 0. The van der Waals surface area contributed by atoms with E-state index in [1.165, 1.54) is 0 Å². The molecule has 1 aliphatic rings. The lowest BCUT2D eigenvalue weighted by molar-refractivity contribution is -0.172. The molecular weight excluding hydrogens is 805 g/mol. The van der Waals surface area contributed by atoms with Crippen molar-refractivity contribution in [1.29, 1.82) is 0 Å². The van der Waals surface area contributed by atoms with Crippen LogP contribution >= 0.6 is 0 Å². The van der Waals surface area contributed by atoms with Gasteiger partial charge < -0.3 is 28.4 Å². The van der Waals surface area contributed by atoms with Crippen LogP contribution in [0, 0.1) is 59.2 Å². The fourth-order valence-corrected chi connectivity index (χ4v) is 8.62. The highest BCUT2D eigenvalue weighted by Gasteiger charge is 2.59. The number of carbonyl (C=O) groups excluding carboxylic acids is 6. The second-order valence-electron chi connectivity index (χ2n) is 17.9. The molecule has 0 bridgehead atoms. The number of ether oxygens (including phenoxy) is 6. The molecule has 0 saturated heterocycles. The average Bonchev–Trinajstić information content (AvgIpc) is 3.21. The number of benzene rings is 2. The van der Waals surface area contributed by atoms with Crippen molar-refractivity contribution in [2.75, 3.05) is 39.6 Å². The Morgan fingerprint density at radius 3 is 1.05 bits per heavy atom. The zero-order chi connectivity index (χ0) is 45.9. The molecule has 1 aliphatic carbocycles. The summed E-state index contributed by atoms with van der Waals surface area (Å²) in [7, 11) is 0. The van der Waals surface area contributed by atoms with Gasteiger partial charge in [-0.2, -0.15) is 0 Å². The summed E-state index contributed by atoms with van der Waals surface area (Å²) in [6.45, 7) is 19.0. The van der Waals surface area contributed by atoms with Crippen molar-refractivity contribution in [2.24, 2.45) is 59.2 Å². The molecule has 1 saturated carbocycles. The van der Waals surface area contributed by atoms with Crippen molar-refractivity contribution in [3.63, 3.8) is 0 Å². The third kappa shape index (κ3) is 16.4. The van der Waals surface area contributed by atoms with Gasteiger partial charge in [0.1, 0.15) is 26.4 Å². The Bertz CT molecular complexity index is 1570. The first-order valence-corrected chi connectivity index (χ1v) is 22.6. The SMILES string of the molecule is C.CCOC(=O)C(CC(C)C)CC(C(=O)OCCOC(=O)C1C(c2ccccc2)C(C(=O)OCCOC(=O)C(CC(CC(C)C)C(=O)OCC)C(C)C)C1c1ccccc1)C(C)C. The van der Waals surface area contributed by atoms with Gasteiger partial charge in [0, 0.05) is 11.8 Å². The maximum absolute atomic E-state index is 14.0. The first-order valence-electron chi connectivity index (χ1n) is 22.6. The summed E-state index contributed by atoms with van der Waals surface area (Å²) in [6, 6.07) is 18.5. The van der Waals surface area contributed by atoms with E-state index in [1.54, 1.807) is 13.8 Å². The Hall–Kier alpha value is -4.74. The van der Waals surface area contributed by atoms with Crippen LogP contribution in [0.1, 0.15) is 125 Å². The third-order valence-electron chi connectivity index (χ3n) is 11.6. The molecule has 0 heterocycles. The van der Waals surface area contributed by atoms with Gasteiger partial charge in [0.05, 0.1) is 48.7 Å². The fraction of sp³-hybridized carbons (Fsp3) is 0.647. The number of esters is 6. The molecule has 3 rings (SSSR count). The van der Waals surface area contributed by atoms with Gasteiger partial charge in [-0.3, -0.25) is 28.8 Å². The molecule has 4 unspecified atom stereocenters. The van der Waals surface area contributed by atoms with E-state index in [4.69, 9.17) is 28.4 Å². The van der Waals surface area contributed by atoms with Gasteiger partial charge in [-0.05, 0) is 74.3 Å². The van der Waals surface area contributed by atoms with Gasteiger partial charge >= 0.3 is 35.8 Å². The molecule has 0 N–H and O–H groups in total. The molecule has 2 aromatic carbocycles. The van der Waals surface area contributed by atoms with E-state index in [0.717, 1.165) is 11.1 Å². The second-order valence-corrected chi connectivity index (χ2v) is 17.9. The summed E-state index contributed by atoms with van der Waals surface area (Å²) in [5.41, 5.74) is 1.52. The Kier molecular flexibility index (Phi) is 23.7. The number of hydrogen-bond acceptors (Lipinski definition) is 12. The predicted octanol–water partition coefficient (Wildman–Crippen LogP) is 9.38. The molecule has 0 spiro atoms. The number of carbonyl (C=O) groups is 6. The summed E-state index contributed by atoms with van der Waals surface area (Å²) in [5.74, 6) is -7.14. The monoisotopic (exact) mass is 881 g/mol. The van der Waals surface area contributed by atoms with Crippen LogP contribution in [0.15, 0.2) is 60.7 Å². The van der Waals surface area contributed by atoms with Gasteiger partial charge in [-0.25, -0.2) is 0 Å². The first kappa shape index (κ1) is 54.4. The number of rotatable bonds is 26. The van der Waals surface area contributed by atoms with Crippen LogP contribution in [0.4, 0.5) is 0 Å². The summed E-state index contributed by atoms with van der Waals surface area (Å²) < 4.78 is 33.4. The van der Waals surface area contributed by atoms with E-state index in [-0.39, 0.29) is 82.7 Å². The van der Waals surface area contributed by atoms with Crippen LogP contribution in [-0.4, -0.2) is 75.5 Å². The van der Waals surface area contributed by atoms with Crippen molar-refractivity contribution in [3.8, 4) is 0 Å². The van der Waals surface area contributed by atoms with Crippen molar-refractivity contribution < 1.29 is 57.2 Å². The Labute approximate surface area is 376 Å². The second kappa shape index (κ2) is 27.4. The van der Waals surface area contributed by atoms with Gasteiger partial charge in [-0.15, -0.1) is 0 Å². The highest BCUT2D eigenvalue weighted by atomic mass is 16.6. The van der Waals surface area contributed by atoms with Gasteiger partial charge in [-0.1, -0.05) is 123 Å². The average molecular weight is 881 g/mol. The lowest BCUT2D eigenvalue weighted by atomic mass is 9.52. The van der Waals surface area contributed by atoms with Crippen molar-refractivity contribution >= 4 is 35.8 Å². The standard InChI is InChI=1S/C50H72O12.CH4/c1-11-57-45(51)37(27-31(3)4)29-39(33(7)8)47(53)59-23-25-61-49(55)43-41(35-19-15-13-16-20-35)44(42(43)36-21-17-14-18-22-36)50(56)62-26-24-60-48(54)40(34(9)10)30-38(28-32(5)6)46(52)58-12-2;/h13-22,31-34,37-44H,11-12,23-30H2,1-10H3;1H4. The third-order valence-corrected chi connectivity index (χ3v) is 11.6. The van der Waals surface area contributed by atoms with Crippen LogP contribution in [0.25, 0.3) is 0 Å². The van der Waals surface area contributed by atoms with E-state index in [0.29, 0.717) is 25.7 Å². The minimum atomic E-state index is -0.763. The van der Waals surface area contributed by atoms with Crippen LogP contribution in [0.3, 0.4) is 0 Å². The molecule has 352 valence electrons. The highest BCUT2D eigenvalue weighted by molar-refractivity contribution is 5.85. The molecule has 0 radical (unpaired) electrons. The number of hydrogen-bond donors (Lipinski definition) is 0. The predicted molar refractivity (Wildman–Crippen MR) is 241 cm³/mol. The molecule has 12 heteroatoms. The smallest absolute Gasteiger partial charge is 0.310 e. The van der Waals surface area contributed by atoms with E-state index in [9.17, 15) is 28.8 Å². The van der Waals surface area contributed by atoms with E-state index < -0.39 is 71.2 Å². The zero-order valence-electron chi connectivity index (χ0n) is 38.7. The maximum Gasteiger partial charge on any atom is 0.310 e. The summed E-state index contributed by atoms with van der Waals surface area (Å²) in [4.78, 5) is 80.3. The van der Waals surface area contributed by atoms with E-state index in [2.05, 4.69) is 0 Å². The normalized spacial score (nSPS) is 18.9. The van der Waals surface area contributed by atoms with Gasteiger partial charge in [0.25, 0.3) is 0 Å². The first-order chi connectivity index (χ1) is 29.5. The molecular formula is C51H76O12. The maximum atomic E-state index is 14.0. The minimum Gasteiger partial charge on any atom is -0.466 e. The molecule has 0 aromatic heterocycles. The van der Waals surface area contributed by atoms with Crippen molar-refractivity contribution in [1.82, 2.24) is 0 Å². The Morgan fingerprint density at radius 1 is 0.444 bits per heavy atom. The van der Waals surface area contributed by atoms with Crippen molar-refractivity contribution in [3.05, 3.63) is 71.8 Å². The minimum absolute atomic E-state index is 0. The molecule has 0 amide bonds. The van der Waals surface area contributed by atoms with Crippen LogP contribution in [0.5, 0.6) is 0 Å². The topological polar surface area (TPSA) is 158 Å². The molecule has 4 atom stereocenters. The molecule has 12 nitrogen and oxygen atoms in total. The van der Waals surface area contributed by atoms with Crippen LogP contribution in [0.2, 0.25) is 0 Å². The quantitative estimate of drug-likeness (QED) is 0.0502. The Morgan fingerprint density at radius 2 is 0.762 bits per heavy atom. The van der Waals surface area contributed by atoms with Gasteiger partial charge in [0.2, 0.25) is 0 Å².